The van der Waals surface area contributed by atoms with E-state index in [2.05, 4.69) is 17.6 Å². The first kappa shape index (κ1) is 10.2. The number of allylic oxidation sites excluding steroid dienone is 1. The summed E-state index contributed by atoms with van der Waals surface area (Å²) < 4.78 is 9.76. The number of rotatable bonds is 7. The number of hydrogen-bond acceptors (Lipinski definition) is 2. The molecule has 2 heteroatoms. The Morgan fingerprint density at radius 3 is 3.00 bits per heavy atom. The average Bonchev–Trinajstić information content (AvgIpc) is 2.03. The highest BCUT2D eigenvalue weighted by atomic mass is 16.5. The van der Waals surface area contributed by atoms with Crippen LogP contribution in [0, 0.1) is 6.26 Å². The molecule has 0 unspecified atom stereocenters. The fraction of sp³-hybridized carbons (Fsp3) is 0.556. The first-order chi connectivity index (χ1) is 5.41. The van der Waals surface area contributed by atoms with Gasteiger partial charge in [0.1, 0.15) is 0 Å². The van der Waals surface area contributed by atoms with E-state index < -0.39 is 0 Å². The van der Waals surface area contributed by atoms with Crippen molar-refractivity contribution >= 4 is 0 Å². The minimum absolute atomic E-state index is 0.637. The molecule has 0 atom stereocenters. The third-order valence-electron chi connectivity index (χ3n) is 1.07. The molecule has 0 aromatic rings. The summed E-state index contributed by atoms with van der Waals surface area (Å²) in [4.78, 5) is 0. The maximum Gasteiger partial charge on any atom is 0.156 e. The van der Waals surface area contributed by atoms with Gasteiger partial charge >= 0.3 is 0 Å². The van der Waals surface area contributed by atoms with Gasteiger partial charge in [0.15, 0.2) is 6.26 Å². The molecule has 0 rings (SSSR count). The third kappa shape index (κ3) is 9.24. The molecule has 11 heavy (non-hydrogen) atoms. The van der Waals surface area contributed by atoms with E-state index in [1.54, 1.807) is 13.2 Å². The van der Waals surface area contributed by atoms with Gasteiger partial charge in [0.25, 0.3) is 0 Å². The smallest absolute Gasteiger partial charge is 0.156 e. The van der Waals surface area contributed by atoms with Crippen LogP contribution in [0.15, 0.2) is 18.7 Å². The van der Waals surface area contributed by atoms with Gasteiger partial charge in [0.2, 0.25) is 0 Å². The van der Waals surface area contributed by atoms with Gasteiger partial charge in [-0.1, -0.05) is 6.08 Å². The topological polar surface area (TPSA) is 18.5 Å². The Labute approximate surface area is 68.5 Å². The van der Waals surface area contributed by atoms with Gasteiger partial charge < -0.3 is 9.47 Å². The SMILES string of the molecule is C=CCOCCC/C=[C]/OC. The fourth-order valence-corrected chi connectivity index (χ4v) is 0.596. The third-order valence-corrected chi connectivity index (χ3v) is 1.07. The largest absolute Gasteiger partial charge is 0.493 e. The standard InChI is InChI=1S/C9H15O2/c1-3-7-11-9-6-4-5-8-10-2/h3,5H,1,4,6-7,9H2,2H3. The predicted molar refractivity (Wildman–Crippen MR) is 45.1 cm³/mol. The molecule has 0 spiro atoms. The molecule has 0 saturated heterocycles. The Morgan fingerprint density at radius 1 is 1.55 bits per heavy atom. The summed E-state index contributed by atoms with van der Waals surface area (Å²) >= 11 is 0. The number of hydrogen-bond donors (Lipinski definition) is 0. The highest BCUT2D eigenvalue weighted by molar-refractivity contribution is 4.67. The van der Waals surface area contributed by atoms with Crippen molar-refractivity contribution in [2.45, 2.75) is 12.8 Å². The second kappa shape index (κ2) is 9.24. The van der Waals surface area contributed by atoms with Gasteiger partial charge in [-0.2, -0.15) is 0 Å². The molecule has 0 aliphatic rings. The molecule has 0 saturated carbocycles. The van der Waals surface area contributed by atoms with Gasteiger partial charge in [-0.25, -0.2) is 0 Å². The van der Waals surface area contributed by atoms with Gasteiger partial charge in [0, 0.05) is 6.61 Å². The van der Waals surface area contributed by atoms with Crippen molar-refractivity contribution in [3.05, 3.63) is 25.0 Å². The maximum absolute atomic E-state index is 5.16. The zero-order chi connectivity index (χ0) is 8.36. The molecule has 0 aromatic heterocycles. The minimum atomic E-state index is 0.637. The first-order valence-corrected chi connectivity index (χ1v) is 3.70. The van der Waals surface area contributed by atoms with Crippen molar-refractivity contribution in [1.82, 2.24) is 0 Å². The lowest BCUT2D eigenvalue weighted by atomic mass is 10.3. The molecule has 0 aliphatic carbocycles. The van der Waals surface area contributed by atoms with Crippen molar-refractivity contribution < 1.29 is 9.47 Å². The summed E-state index contributed by atoms with van der Waals surface area (Å²) in [7, 11) is 1.59. The molecule has 0 fully saturated rings. The summed E-state index contributed by atoms with van der Waals surface area (Å²) in [6, 6.07) is 0. The lowest BCUT2D eigenvalue weighted by Gasteiger charge is -1.96. The van der Waals surface area contributed by atoms with E-state index >= 15 is 0 Å². The summed E-state index contributed by atoms with van der Waals surface area (Å²) in [6.07, 6.45) is 8.20. The highest BCUT2D eigenvalue weighted by Crippen LogP contribution is 1.91. The van der Waals surface area contributed by atoms with Crippen LogP contribution in [0.5, 0.6) is 0 Å². The number of unbranched alkanes of at least 4 members (excludes halogenated alkanes) is 1. The van der Waals surface area contributed by atoms with E-state index in [9.17, 15) is 0 Å². The van der Waals surface area contributed by atoms with E-state index in [1.165, 1.54) is 0 Å². The van der Waals surface area contributed by atoms with E-state index in [0.717, 1.165) is 19.4 Å². The van der Waals surface area contributed by atoms with Crippen molar-refractivity contribution in [2.24, 2.45) is 0 Å². The van der Waals surface area contributed by atoms with E-state index in [4.69, 9.17) is 4.74 Å². The van der Waals surface area contributed by atoms with Crippen molar-refractivity contribution in [1.29, 1.82) is 0 Å². The normalized spacial score (nSPS) is 10.3. The Morgan fingerprint density at radius 2 is 2.36 bits per heavy atom. The molecule has 2 nitrogen and oxygen atoms in total. The van der Waals surface area contributed by atoms with E-state index in [-0.39, 0.29) is 0 Å². The number of ether oxygens (including phenoxy) is 2. The fourth-order valence-electron chi connectivity index (χ4n) is 0.596. The quantitative estimate of drug-likeness (QED) is 0.318. The van der Waals surface area contributed by atoms with Crippen LogP contribution in [0.25, 0.3) is 0 Å². The van der Waals surface area contributed by atoms with E-state index in [0.29, 0.717) is 6.61 Å². The van der Waals surface area contributed by atoms with Crippen LogP contribution in [-0.4, -0.2) is 20.3 Å². The molecule has 0 aliphatic heterocycles. The summed E-state index contributed by atoms with van der Waals surface area (Å²) in [5.41, 5.74) is 0. The highest BCUT2D eigenvalue weighted by Gasteiger charge is 1.83. The lowest BCUT2D eigenvalue weighted by molar-refractivity contribution is 0.160. The van der Waals surface area contributed by atoms with Crippen LogP contribution in [0.2, 0.25) is 0 Å². The molecular formula is C9H15O2. The molecule has 0 N–H and O–H groups in total. The second-order valence-electron chi connectivity index (χ2n) is 2.03. The van der Waals surface area contributed by atoms with Crippen LogP contribution in [0.4, 0.5) is 0 Å². The zero-order valence-electron chi connectivity index (χ0n) is 7.01. The average molecular weight is 155 g/mol. The monoisotopic (exact) mass is 155 g/mol. The molecule has 0 heterocycles. The summed E-state index contributed by atoms with van der Waals surface area (Å²) in [5.74, 6) is 0. The molecular weight excluding hydrogens is 140 g/mol. The van der Waals surface area contributed by atoms with Crippen molar-refractivity contribution in [3.8, 4) is 0 Å². The molecule has 0 aromatic carbocycles. The molecule has 63 valence electrons. The first-order valence-electron chi connectivity index (χ1n) is 3.70. The van der Waals surface area contributed by atoms with Crippen LogP contribution < -0.4 is 0 Å². The second-order valence-corrected chi connectivity index (χ2v) is 2.03. The Balaban J connectivity index is 2.90. The molecule has 1 radical (unpaired) electrons. The van der Waals surface area contributed by atoms with Crippen LogP contribution >= 0.6 is 0 Å². The van der Waals surface area contributed by atoms with Crippen LogP contribution in [0.3, 0.4) is 0 Å². The Bertz CT molecular complexity index is 108. The predicted octanol–water partition coefficient (Wildman–Crippen LogP) is 1.93. The van der Waals surface area contributed by atoms with Crippen LogP contribution in [0.1, 0.15) is 12.8 Å². The maximum atomic E-state index is 5.16. The van der Waals surface area contributed by atoms with Crippen molar-refractivity contribution in [3.63, 3.8) is 0 Å². The summed E-state index contributed by atoms with van der Waals surface area (Å²) in [6.45, 7) is 4.95. The zero-order valence-corrected chi connectivity index (χ0v) is 7.01. The summed E-state index contributed by atoms with van der Waals surface area (Å²) in [5, 5.41) is 0. The van der Waals surface area contributed by atoms with Crippen molar-refractivity contribution in [2.75, 3.05) is 20.3 Å². The van der Waals surface area contributed by atoms with Gasteiger partial charge in [-0.3, -0.25) is 0 Å². The Kier molecular flexibility index (Phi) is 8.60. The van der Waals surface area contributed by atoms with Gasteiger partial charge in [-0.05, 0) is 18.9 Å². The van der Waals surface area contributed by atoms with Crippen LogP contribution in [-0.2, 0) is 9.47 Å². The molecule has 0 bridgehead atoms. The minimum Gasteiger partial charge on any atom is -0.493 e. The van der Waals surface area contributed by atoms with Gasteiger partial charge in [-0.15, -0.1) is 6.58 Å². The lowest BCUT2D eigenvalue weighted by Crippen LogP contribution is -1.92. The molecule has 0 amide bonds. The number of methoxy groups -OCH3 is 1. The van der Waals surface area contributed by atoms with Gasteiger partial charge in [0.05, 0.1) is 13.7 Å². The Hall–Kier alpha value is -0.760. The van der Waals surface area contributed by atoms with E-state index in [1.807, 2.05) is 6.08 Å².